The molecule has 1 atom stereocenters. The molecular formula is C16H25NO2. The summed E-state index contributed by atoms with van der Waals surface area (Å²) in [6, 6.07) is 8.13. The molecule has 1 rings (SSSR count). The van der Waals surface area contributed by atoms with Crippen molar-refractivity contribution in [2.45, 2.75) is 45.7 Å². The number of aryl methyl sites for hydroxylation is 1. The fourth-order valence-corrected chi connectivity index (χ4v) is 2.22. The molecular weight excluding hydrogens is 238 g/mol. The van der Waals surface area contributed by atoms with E-state index < -0.39 is 0 Å². The molecule has 0 saturated heterocycles. The molecule has 0 amide bonds. The Bertz CT molecular complexity index is 403. The normalized spacial score (nSPS) is 12.5. The zero-order chi connectivity index (χ0) is 14.3. The van der Waals surface area contributed by atoms with Crippen LogP contribution in [0.25, 0.3) is 0 Å². The molecule has 1 aromatic carbocycles. The van der Waals surface area contributed by atoms with Crippen LogP contribution >= 0.6 is 0 Å². The van der Waals surface area contributed by atoms with Crippen molar-refractivity contribution in [1.82, 2.24) is 4.90 Å². The Morgan fingerprint density at radius 1 is 1.37 bits per heavy atom. The Labute approximate surface area is 116 Å². The lowest BCUT2D eigenvalue weighted by atomic mass is 10.1. The van der Waals surface area contributed by atoms with Crippen LogP contribution in [0.2, 0.25) is 0 Å². The molecule has 1 unspecified atom stereocenters. The second kappa shape index (κ2) is 7.95. The molecule has 3 nitrogen and oxygen atoms in total. The molecule has 0 aliphatic rings. The minimum absolute atomic E-state index is 0.135. The van der Waals surface area contributed by atoms with Crippen molar-refractivity contribution in [2.75, 3.05) is 14.2 Å². The summed E-state index contributed by atoms with van der Waals surface area (Å²) < 4.78 is 4.92. The van der Waals surface area contributed by atoms with Crippen molar-refractivity contribution in [3.63, 3.8) is 0 Å². The summed E-state index contributed by atoms with van der Waals surface area (Å²) in [5, 5.41) is 0. The number of esters is 1. The number of nitrogens with zero attached hydrogens (tertiary/aromatic N) is 1. The Kier molecular flexibility index (Phi) is 6.57. The van der Waals surface area contributed by atoms with Crippen molar-refractivity contribution >= 4 is 5.97 Å². The first-order valence-corrected chi connectivity index (χ1v) is 6.92. The van der Waals surface area contributed by atoms with E-state index in [2.05, 4.69) is 30.9 Å². The van der Waals surface area contributed by atoms with Gasteiger partial charge in [-0.15, -0.1) is 0 Å². The molecule has 0 heterocycles. The monoisotopic (exact) mass is 263 g/mol. The van der Waals surface area contributed by atoms with Gasteiger partial charge in [0.2, 0.25) is 0 Å². The van der Waals surface area contributed by atoms with E-state index in [9.17, 15) is 4.79 Å². The average Bonchev–Trinajstić information content (AvgIpc) is 2.41. The fourth-order valence-electron chi connectivity index (χ4n) is 2.22. The van der Waals surface area contributed by atoms with Gasteiger partial charge in [0.15, 0.2) is 0 Å². The molecule has 1 aromatic rings. The zero-order valence-electron chi connectivity index (χ0n) is 12.5. The van der Waals surface area contributed by atoms with Gasteiger partial charge in [-0.25, -0.2) is 0 Å². The quantitative estimate of drug-likeness (QED) is 0.708. The Hall–Kier alpha value is -1.35. The summed E-state index contributed by atoms with van der Waals surface area (Å²) in [5.74, 6) is -0.135. The Balaban J connectivity index is 2.73. The SMILES string of the molecule is CCCCC(C(=O)OC)N(C)Cc1ccccc1C. The Morgan fingerprint density at radius 2 is 2.05 bits per heavy atom. The second-order valence-corrected chi connectivity index (χ2v) is 5.02. The lowest BCUT2D eigenvalue weighted by Crippen LogP contribution is -2.39. The summed E-state index contributed by atoms with van der Waals surface area (Å²) in [7, 11) is 3.45. The summed E-state index contributed by atoms with van der Waals surface area (Å²) >= 11 is 0. The van der Waals surface area contributed by atoms with Crippen molar-refractivity contribution in [3.05, 3.63) is 35.4 Å². The number of rotatable bonds is 7. The van der Waals surface area contributed by atoms with Gasteiger partial charge in [-0.05, 0) is 31.5 Å². The third-order valence-electron chi connectivity index (χ3n) is 3.52. The molecule has 19 heavy (non-hydrogen) atoms. The van der Waals surface area contributed by atoms with Gasteiger partial charge in [0, 0.05) is 6.54 Å². The van der Waals surface area contributed by atoms with Crippen molar-refractivity contribution < 1.29 is 9.53 Å². The van der Waals surface area contributed by atoms with Crippen LogP contribution in [0.1, 0.15) is 37.3 Å². The predicted octanol–water partition coefficient (Wildman–Crippen LogP) is 3.16. The maximum Gasteiger partial charge on any atom is 0.323 e. The second-order valence-electron chi connectivity index (χ2n) is 5.02. The van der Waals surface area contributed by atoms with E-state index in [1.54, 1.807) is 0 Å². The number of unbranched alkanes of at least 4 members (excludes halogenated alkanes) is 1. The number of carbonyl (C=O) groups is 1. The molecule has 0 radical (unpaired) electrons. The van der Waals surface area contributed by atoms with Crippen LogP contribution < -0.4 is 0 Å². The number of likely N-dealkylation sites (N-methyl/N-ethyl adjacent to an activating group) is 1. The van der Waals surface area contributed by atoms with Crippen molar-refractivity contribution in [1.29, 1.82) is 0 Å². The third-order valence-corrected chi connectivity index (χ3v) is 3.52. The lowest BCUT2D eigenvalue weighted by molar-refractivity contribution is -0.147. The van der Waals surface area contributed by atoms with Gasteiger partial charge in [-0.2, -0.15) is 0 Å². The minimum Gasteiger partial charge on any atom is -0.468 e. The van der Waals surface area contributed by atoms with Gasteiger partial charge >= 0.3 is 5.97 Å². The maximum atomic E-state index is 11.9. The average molecular weight is 263 g/mol. The minimum atomic E-state index is -0.149. The molecule has 0 N–H and O–H groups in total. The van der Waals surface area contributed by atoms with E-state index in [4.69, 9.17) is 4.74 Å². The number of hydrogen-bond donors (Lipinski definition) is 0. The largest absolute Gasteiger partial charge is 0.468 e. The number of methoxy groups -OCH3 is 1. The molecule has 0 fully saturated rings. The molecule has 0 saturated carbocycles. The molecule has 0 spiro atoms. The van der Waals surface area contributed by atoms with E-state index in [1.807, 2.05) is 19.2 Å². The van der Waals surface area contributed by atoms with Gasteiger partial charge < -0.3 is 4.74 Å². The highest BCUT2D eigenvalue weighted by Crippen LogP contribution is 2.15. The van der Waals surface area contributed by atoms with E-state index in [0.717, 1.165) is 25.8 Å². The van der Waals surface area contributed by atoms with Crippen LogP contribution in [0.3, 0.4) is 0 Å². The number of benzene rings is 1. The first kappa shape index (κ1) is 15.7. The van der Waals surface area contributed by atoms with E-state index >= 15 is 0 Å². The first-order chi connectivity index (χ1) is 9.10. The molecule has 106 valence electrons. The topological polar surface area (TPSA) is 29.5 Å². The first-order valence-electron chi connectivity index (χ1n) is 6.92. The third kappa shape index (κ3) is 4.67. The van der Waals surface area contributed by atoms with Crippen LogP contribution in [0.15, 0.2) is 24.3 Å². The smallest absolute Gasteiger partial charge is 0.323 e. The predicted molar refractivity (Wildman–Crippen MR) is 78.0 cm³/mol. The lowest BCUT2D eigenvalue weighted by Gasteiger charge is -2.26. The Morgan fingerprint density at radius 3 is 2.63 bits per heavy atom. The van der Waals surface area contributed by atoms with Crippen molar-refractivity contribution in [3.8, 4) is 0 Å². The van der Waals surface area contributed by atoms with Gasteiger partial charge in [0.1, 0.15) is 6.04 Å². The fraction of sp³-hybridized carbons (Fsp3) is 0.562. The highest BCUT2D eigenvalue weighted by molar-refractivity contribution is 5.75. The molecule has 0 bridgehead atoms. The number of hydrogen-bond acceptors (Lipinski definition) is 3. The van der Waals surface area contributed by atoms with E-state index in [0.29, 0.717) is 0 Å². The maximum absolute atomic E-state index is 11.9. The summed E-state index contributed by atoms with van der Waals surface area (Å²) in [5.41, 5.74) is 2.52. The molecule has 0 aromatic heterocycles. The van der Waals surface area contributed by atoms with Crippen LogP contribution in [0.4, 0.5) is 0 Å². The van der Waals surface area contributed by atoms with E-state index in [1.165, 1.54) is 18.2 Å². The van der Waals surface area contributed by atoms with Gasteiger partial charge in [0.05, 0.1) is 7.11 Å². The van der Waals surface area contributed by atoms with Crippen molar-refractivity contribution in [2.24, 2.45) is 0 Å². The highest BCUT2D eigenvalue weighted by atomic mass is 16.5. The standard InChI is InChI=1S/C16H25NO2/c1-5-6-11-15(16(18)19-4)17(3)12-14-10-8-7-9-13(14)2/h7-10,15H,5-6,11-12H2,1-4H3. The summed E-state index contributed by atoms with van der Waals surface area (Å²) in [6.07, 6.45) is 2.98. The highest BCUT2D eigenvalue weighted by Gasteiger charge is 2.23. The molecule has 0 aliphatic carbocycles. The molecule has 0 aliphatic heterocycles. The zero-order valence-corrected chi connectivity index (χ0v) is 12.5. The van der Waals surface area contributed by atoms with Crippen LogP contribution in [0.5, 0.6) is 0 Å². The summed E-state index contributed by atoms with van der Waals surface area (Å²) in [4.78, 5) is 14.0. The number of ether oxygens (including phenoxy) is 1. The van der Waals surface area contributed by atoms with Gasteiger partial charge in [-0.1, -0.05) is 44.0 Å². The molecule has 3 heteroatoms. The van der Waals surface area contributed by atoms with Crippen LogP contribution in [-0.4, -0.2) is 31.1 Å². The number of carbonyl (C=O) groups excluding carboxylic acids is 1. The van der Waals surface area contributed by atoms with Crippen LogP contribution in [0, 0.1) is 6.92 Å². The van der Waals surface area contributed by atoms with Gasteiger partial charge in [0.25, 0.3) is 0 Å². The van der Waals surface area contributed by atoms with Crippen LogP contribution in [-0.2, 0) is 16.1 Å². The van der Waals surface area contributed by atoms with E-state index in [-0.39, 0.29) is 12.0 Å². The summed E-state index contributed by atoms with van der Waals surface area (Å²) in [6.45, 7) is 5.01. The van der Waals surface area contributed by atoms with Gasteiger partial charge in [-0.3, -0.25) is 9.69 Å².